The van der Waals surface area contributed by atoms with Crippen molar-refractivity contribution >= 4 is 0 Å². The van der Waals surface area contributed by atoms with Gasteiger partial charge in [0.25, 0.3) is 0 Å². The summed E-state index contributed by atoms with van der Waals surface area (Å²) in [7, 11) is 0. The molecule has 0 radical (unpaired) electrons. The molecule has 3 aromatic carbocycles. The van der Waals surface area contributed by atoms with Crippen molar-refractivity contribution in [2.24, 2.45) is 0 Å². The van der Waals surface area contributed by atoms with Crippen molar-refractivity contribution in [1.82, 2.24) is 0 Å². The van der Waals surface area contributed by atoms with E-state index < -0.39 is 34.9 Å². The number of rotatable bonds is 7. The van der Waals surface area contributed by atoms with E-state index in [-0.39, 0.29) is 46.4 Å². The van der Waals surface area contributed by atoms with Crippen molar-refractivity contribution in [1.29, 1.82) is 0 Å². The van der Waals surface area contributed by atoms with E-state index in [0.717, 1.165) is 6.42 Å². The van der Waals surface area contributed by atoms with E-state index in [9.17, 15) is 17.6 Å². The summed E-state index contributed by atoms with van der Waals surface area (Å²) in [5.41, 5.74) is -0.0844. The Morgan fingerprint density at radius 1 is 0.639 bits per heavy atom. The zero-order valence-electron chi connectivity index (χ0n) is 20.2. The van der Waals surface area contributed by atoms with E-state index in [1.165, 1.54) is 31.2 Å². The minimum Gasteiger partial charge on any atom is -0.490 e. The Balaban J connectivity index is 1.53. The van der Waals surface area contributed by atoms with Crippen LogP contribution in [0.1, 0.15) is 74.0 Å². The average molecular weight is 507 g/mol. The molecule has 0 bridgehead atoms. The molecule has 1 fully saturated rings. The third-order valence-corrected chi connectivity index (χ3v) is 7.12. The highest BCUT2D eigenvalue weighted by molar-refractivity contribution is 5.66. The van der Waals surface area contributed by atoms with Crippen LogP contribution in [0.3, 0.4) is 0 Å². The Bertz CT molecular complexity index is 1250. The molecule has 4 rings (SSSR count). The van der Waals surface area contributed by atoms with Gasteiger partial charge in [-0.1, -0.05) is 37.6 Å². The number of benzene rings is 3. The van der Waals surface area contributed by atoms with Crippen LogP contribution in [0.2, 0.25) is 0 Å². The van der Waals surface area contributed by atoms with Crippen LogP contribution in [0.5, 0.6) is 5.75 Å². The lowest BCUT2D eigenvalue weighted by atomic mass is 9.75. The normalized spacial score (nSPS) is 17.9. The second kappa shape index (κ2) is 11.0. The minimum atomic E-state index is -1.30. The summed E-state index contributed by atoms with van der Waals surface area (Å²) in [6, 6.07) is 8.17. The molecule has 36 heavy (non-hydrogen) atoms. The molecule has 192 valence electrons. The lowest BCUT2D eigenvalue weighted by Gasteiger charge is -2.30. The first-order chi connectivity index (χ1) is 17.2. The van der Waals surface area contributed by atoms with Gasteiger partial charge >= 0.3 is 0 Å². The first kappa shape index (κ1) is 26.1. The van der Waals surface area contributed by atoms with Crippen molar-refractivity contribution in [3.8, 4) is 16.9 Å². The predicted octanol–water partition coefficient (Wildman–Crippen LogP) is 9.12. The van der Waals surface area contributed by atoms with Gasteiger partial charge in [-0.05, 0) is 79.7 Å². The quantitative estimate of drug-likeness (QED) is 0.229. The van der Waals surface area contributed by atoms with E-state index in [2.05, 4.69) is 0 Å². The third kappa shape index (κ3) is 4.97. The fraction of sp³-hybridized carbons (Fsp3) is 0.379. The van der Waals surface area contributed by atoms with Crippen molar-refractivity contribution in [3.63, 3.8) is 0 Å². The molecular formula is C29H28F6O. The fourth-order valence-electron chi connectivity index (χ4n) is 4.96. The van der Waals surface area contributed by atoms with Crippen molar-refractivity contribution in [3.05, 3.63) is 88.0 Å². The molecule has 1 saturated carbocycles. The zero-order chi connectivity index (χ0) is 26.0. The van der Waals surface area contributed by atoms with Gasteiger partial charge in [0.2, 0.25) is 5.82 Å². The van der Waals surface area contributed by atoms with Crippen LogP contribution in [-0.4, -0.2) is 6.61 Å². The van der Waals surface area contributed by atoms with Gasteiger partial charge in [0, 0.05) is 11.1 Å². The number of hydrogen-bond acceptors (Lipinski definition) is 1. The van der Waals surface area contributed by atoms with E-state index >= 15 is 8.78 Å². The summed E-state index contributed by atoms with van der Waals surface area (Å²) in [5.74, 6) is -7.42. The lowest BCUT2D eigenvalue weighted by molar-refractivity contribution is 0.289. The van der Waals surface area contributed by atoms with Gasteiger partial charge in [-0.15, -0.1) is 0 Å². The highest BCUT2D eigenvalue weighted by Crippen LogP contribution is 2.43. The lowest BCUT2D eigenvalue weighted by Crippen LogP contribution is -2.15. The monoisotopic (exact) mass is 506 g/mol. The first-order valence-corrected chi connectivity index (χ1v) is 12.3. The Labute approximate surface area is 207 Å². The molecule has 1 aliphatic carbocycles. The molecule has 1 aliphatic rings. The Morgan fingerprint density at radius 3 is 1.72 bits per heavy atom. The van der Waals surface area contributed by atoms with Crippen LogP contribution >= 0.6 is 0 Å². The SMILES string of the molecule is CCCCOc1ccc(-c2ccc(C3CCC(c4ccc(C)c(F)c4F)CC3)c(F)c2F)c(F)c1F. The minimum absolute atomic E-state index is 0.144. The largest absolute Gasteiger partial charge is 0.490 e. The summed E-state index contributed by atoms with van der Waals surface area (Å²) < 4.78 is 93.0. The number of aryl methyl sites for hydroxylation is 1. The van der Waals surface area contributed by atoms with E-state index in [1.807, 2.05) is 6.92 Å². The Kier molecular flexibility index (Phi) is 7.96. The smallest absolute Gasteiger partial charge is 0.201 e. The molecule has 3 aromatic rings. The summed E-state index contributed by atoms with van der Waals surface area (Å²) in [5, 5.41) is 0. The van der Waals surface area contributed by atoms with Gasteiger partial charge in [0.15, 0.2) is 34.8 Å². The number of halogens is 6. The second-order valence-electron chi connectivity index (χ2n) is 9.42. The molecule has 7 heteroatoms. The van der Waals surface area contributed by atoms with E-state index in [0.29, 0.717) is 37.7 Å². The van der Waals surface area contributed by atoms with Crippen molar-refractivity contribution in [2.45, 2.75) is 64.2 Å². The van der Waals surface area contributed by atoms with Gasteiger partial charge in [0.1, 0.15) is 0 Å². The van der Waals surface area contributed by atoms with Gasteiger partial charge in [-0.25, -0.2) is 22.0 Å². The highest BCUT2D eigenvalue weighted by Gasteiger charge is 2.30. The van der Waals surface area contributed by atoms with Gasteiger partial charge in [-0.2, -0.15) is 4.39 Å². The standard InChI is InChI=1S/C29H28F6O/c1-3-4-15-36-23-14-13-22(28(34)29(23)35)21-12-11-20(26(32)27(21)33)18-8-6-17(7-9-18)19-10-5-16(2)24(30)25(19)31/h5,10-14,17-18H,3-4,6-9,15H2,1-2H3. The molecule has 0 N–H and O–H groups in total. The molecule has 0 aliphatic heterocycles. The number of hydrogen-bond donors (Lipinski definition) is 0. The van der Waals surface area contributed by atoms with Crippen LogP contribution in [0.4, 0.5) is 26.3 Å². The predicted molar refractivity (Wildman–Crippen MR) is 127 cm³/mol. The molecule has 0 saturated heterocycles. The molecule has 1 nitrogen and oxygen atoms in total. The maximum absolute atomic E-state index is 15.1. The Hall–Kier alpha value is -2.96. The third-order valence-electron chi connectivity index (χ3n) is 7.12. The zero-order valence-corrected chi connectivity index (χ0v) is 20.2. The van der Waals surface area contributed by atoms with Gasteiger partial charge < -0.3 is 4.74 Å². The van der Waals surface area contributed by atoms with Crippen LogP contribution in [0, 0.1) is 41.8 Å². The topological polar surface area (TPSA) is 9.23 Å². The van der Waals surface area contributed by atoms with Crippen molar-refractivity contribution < 1.29 is 31.1 Å². The van der Waals surface area contributed by atoms with Crippen molar-refractivity contribution in [2.75, 3.05) is 6.61 Å². The van der Waals surface area contributed by atoms with Crippen LogP contribution in [0.25, 0.3) is 11.1 Å². The molecule has 0 aromatic heterocycles. The van der Waals surface area contributed by atoms with Gasteiger partial charge in [-0.3, -0.25) is 0 Å². The fourth-order valence-corrected chi connectivity index (χ4v) is 4.96. The molecule has 0 unspecified atom stereocenters. The molecular weight excluding hydrogens is 478 g/mol. The number of ether oxygens (including phenoxy) is 1. The second-order valence-corrected chi connectivity index (χ2v) is 9.42. The molecule has 0 spiro atoms. The summed E-state index contributed by atoms with van der Waals surface area (Å²) in [4.78, 5) is 0. The maximum Gasteiger partial charge on any atom is 0.201 e. The average Bonchev–Trinajstić information content (AvgIpc) is 2.88. The number of unbranched alkanes of at least 4 members (excludes halogenated alkanes) is 1. The first-order valence-electron chi connectivity index (χ1n) is 12.3. The van der Waals surface area contributed by atoms with E-state index in [1.54, 1.807) is 12.1 Å². The highest BCUT2D eigenvalue weighted by atomic mass is 19.2. The van der Waals surface area contributed by atoms with Crippen LogP contribution in [-0.2, 0) is 0 Å². The van der Waals surface area contributed by atoms with E-state index in [4.69, 9.17) is 4.74 Å². The molecule has 0 amide bonds. The van der Waals surface area contributed by atoms with Crippen LogP contribution < -0.4 is 4.74 Å². The summed E-state index contributed by atoms with van der Waals surface area (Å²) >= 11 is 0. The summed E-state index contributed by atoms with van der Waals surface area (Å²) in [6.45, 7) is 3.65. The summed E-state index contributed by atoms with van der Waals surface area (Å²) in [6.07, 6.45) is 3.40. The van der Waals surface area contributed by atoms with Crippen LogP contribution in [0.15, 0.2) is 36.4 Å². The molecule has 0 atom stereocenters. The molecule has 0 heterocycles. The Morgan fingerprint density at radius 2 is 1.14 bits per heavy atom. The van der Waals surface area contributed by atoms with Gasteiger partial charge in [0.05, 0.1) is 6.61 Å². The maximum atomic E-state index is 15.1.